The lowest BCUT2D eigenvalue weighted by Crippen LogP contribution is -2.52. The lowest BCUT2D eigenvalue weighted by atomic mass is 10.0. The van der Waals surface area contributed by atoms with Crippen LogP contribution in [-0.4, -0.2) is 62.7 Å². The summed E-state index contributed by atoms with van der Waals surface area (Å²) in [6.07, 6.45) is 6.26. The third-order valence-electron chi connectivity index (χ3n) is 6.07. The van der Waals surface area contributed by atoms with Gasteiger partial charge in [-0.05, 0) is 38.4 Å². The number of benzene rings is 1. The molecule has 6 nitrogen and oxygen atoms in total. The van der Waals surface area contributed by atoms with Crippen LogP contribution in [0, 0.1) is 0 Å². The number of nitrogens with zero attached hydrogens (tertiary/aromatic N) is 5. The predicted octanol–water partition coefficient (Wildman–Crippen LogP) is 3.04. The van der Waals surface area contributed by atoms with Gasteiger partial charge in [-0.3, -0.25) is 14.4 Å². The van der Waals surface area contributed by atoms with Gasteiger partial charge < -0.3 is 4.90 Å². The molecule has 0 spiro atoms. The summed E-state index contributed by atoms with van der Waals surface area (Å²) in [5.41, 5.74) is 3.35. The molecule has 144 valence electrons. The molecule has 2 saturated heterocycles. The van der Waals surface area contributed by atoms with Crippen LogP contribution in [0.1, 0.15) is 30.1 Å². The number of carbonyl (C=O) groups excluding carboxylic acids is 1. The molecule has 6 heteroatoms. The molecular weight excluding hydrogens is 350 g/mol. The summed E-state index contributed by atoms with van der Waals surface area (Å²) in [4.78, 5) is 22.9. The maximum atomic E-state index is 13.5. The highest BCUT2D eigenvalue weighted by atomic mass is 16.2. The van der Waals surface area contributed by atoms with Crippen LogP contribution in [0.5, 0.6) is 0 Å². The van der Waals surface area contributed by atoms with E-state index in [1.54, 1.807) is 0 Å². The lowest BCUT2D eigenvalue weighted by molar-refractivity contribution is 0.0573. The van der Waals surface area contributed by atoms with Crippen molar-refractivity contribution in [1.82, 2.24) is 24.6 Å². The van der Waals surface area contributed by atoms with Crippen LogP contribution in [-0.2, 0) is 6.54 Å². The van der Waals surface area contributed by atoms with E-state index in [1.807, 2.05) is 52.3 Å². The Morgan fingerprint density at radius 1 is 1.21 bits per heavy atom. The molecule has 1 amide bonds. The Labute approximate surface area is 164 Å². The van der Waals surface area contributed by atoms with E-state index in [0.29, 0.717) is 6.04 Å². The zero-order valence-electron chi connectivity index (χ0n) is 16.2. The highest BCUT2D eigenvalue weighted by molar-refractivity contribution is 6.07. The number of pyridine rings is 1. The lowest BCUT2D eigenvalue weighted by Gasteiger charge is -2.37. The Bertz CT molecular complexity index is 1030. The number of aryl methyl sites for hydroxylation is 1. The Morgan fingerprint density at radius 3 is 2.96 bits per heavy atom. The molecule has 5 rings (SSSR count). The van der Waals surface area contributed by atoms with Crippen LogP contribution in [0.2, 0.25) is 0 Å². The summed E-state index contributed by atoms with van der Waals surface area (Å²) in [6, 6.07) is 10.4. The van der Waals surface area contributed by atoms with Gasteiger partial charge in [-0.1, -0.05) is 18.2 Å². The molecule has 2 aliphatic rings. The minimum absolute atomic E-state index is 0.120. The standard InChI is InChI=1S/C22H25N5O/c1-2-27-14-16(13-23-27)21-12-19(18-7-3-4-8-20(18)24-21)22(28)26-11-10-25-9-5-6-17(25)15-26/h3-4,7-8,12-14,17H,2,5-6,9-11,15H2,1H3. The van der Waals surface area contributed by atoms with Crippen molar-refractivity contribution in [2.45, 2.75) is 32.4 Å². The number of fused-ring (bicyclic) bond motifs is 2. The van der Waals surface area contributed by atoms with Crippen molar-refractivity contribution >= 4 is 16.8 Å². The van der Waals surface area contributed by atoms with E-state index < -0.39 is 0 Å². The van der Waals surface area contributed by atoms with Gasteiger partial charge in [0.15, 0.2) is 0 Å². The van der Waals surface area contributed by atoms with Gasteiger partial charge in [0.2, 0.25) is 0 Å². The Morgan fingerprint density at radius 2 is 2.11 bits per heavy atom. The normalized spacial score (nSPS) is 19.9. The molecule has 0 aliphatic carbocycles. The topological polar surface area (TPSA) is 54.3 Å². The fourth-order valence-electron chi connectivity index (χ4n) is 4.51. The third-order valence-corrected chi connectivity index (χ3v) is 6.07. The number of carbonyl (C=O) groups is 1. The second kappa shape index (κ2) is 7.02. The second-order valence-corrected chi connectivity index (χ2v) is 7.74. The number of aromatic nitrogens is 3. The van der Waals surface area contributed by atoms with Gasteiger partial charge in [-0.2, -0.15) is 5.10 Å². The summed E-state index contributed by atoms with van der Waals surface area (Å²) in [5.74, 6) is 0.120. The summed E-state index contributed by atoms with van der Waals surface area (Å²) in [6.45, 7) is 6.66. The van der Waals surface area contributed by atoms with Gasteiger partial charge in [-0.15, -0.1) is 0 Å². The first-order valence-corrected chi connectivity index (χ1v) is 10.2. The van der Waals surface area contributed by atoms with E-state index in [-0.39, 0.29) is 5.91 Å². The van der Waals surface area contributed by atoms with E-state index in [9.17, 15) is 4.79 Å². The second-order valence-electron chi connectivity index (χ2n) is 7.74. The Hall–Kier alpha value is -2.73. The molecule has 1 atom stereocenters. The van der Waals surface area contributed by atoms with Gasteiger partial charge >= 0.3 is 0 Å². The number of rotatable bonds is 3. The number of para-hydroxylation sites is 1. The van der Waals surface area contributed by atoms with Crippen LogP contribution in [0.4, 0.5) is 0 Å². The van der Waals surface area contributed by atoms with E-state index in [0.717, 1.165) is 53.9 Å². The number of piperazine rings is 1. The molecule has 4 heterocycles. The fraction of sp³-hybridized carbons (Fsp3) is 0.409. The first kappa shape index (κ1) is 17.4. The largest absolute Gasteiger partial charge is 0.336 e. The van der Waals surface area contributed by atoms with Crippen molar-refractivity contribution in [3.05, 3.63) is 48.3 Å². The van der Waals surface area contributed by atoms with E-state index in [1.165, 1.54) is 19.4 Å². The van der Waals surface area contributed by atoms with Crippen LogP contribution < -0.4 is 0 Å². The summed E-state index contributed by atoms with van der Waals surface area (Å²) in [7, 11) is 0. The van der Waals surface area contributed by atoms with E-state index in [4.69, 9.17) is 4.98 Å². The zero-order chi connectivity index (χ0) is 19.1. The highest BCUT2D eigenvalue weighted by Gasteiger charge is 2.33. The predicted molar refractivity (Wildman–Crippen MR) is 109 cm³/mol. The van der Waals surface area contributed by atoms with Crippen LogP contribution >= 0.6 is 0 Å². The van der Waals surface area contributed by atoms with Crippen molar-refractivity contribution in [2.24, 2.45) is 0 Å². The van der Waals surface area contributed by atoms with Gasteiger partial charge in [-0.25, -0.2) is 4.98 Å². The minimum Gasteiger partial charge on any atom is -0.336 e. The minimum atomic E-state index is 0.120. The molecule has 0 radical (unpaired) electrons. The van der Waals surface area contributed by atoms with E-state index in [2.05, 4.69) is 16.9 Å². The molecule has 0 saturated carbocycles. The molecule has 1 unspecified atom stereocenters. The van der Waals surface area contributed by atoms with Crippen molar-refractivity contribution in [3.8, 4) is 11.3 Å². The maximum Gasteiger partial charge on any atom is 0.254 e. The summed E-state index contributed by atoms with van der Waals surface area (Å²) in [5, 5.41) is 5.29. The monoisotopic (exact) mass is 375 g/mol. The number of amides is 1. The molecular formula is C22H25N5O. The van der Waals surface area contributed by atoms with Crippen LogP contribution in [0.15, 0.2) is 42.7 Å². The molecule has 3 aromatic rings. The van der Waals surface area contributed by atoms with Gasteiger partial charge in [0.05, 0.1) is 23.0 Å². The third kappa shape index (κ3) is 2.98. The number of hydrogen-bond acceptors (Lipinski definition) is 4. The molecule has 2 fully saturated rings. The quantitative estimate of drug-likeness (QED) is 0.706. The maximum absolute atomic E-state index is 13.5. The molecule has 2 aliphatic heterocycles. The fourth-order valence-corrected chi connectivity index (χ4v) is 4.51. The molecule has 28 heavy (non-hydrogen) atoms. The highest BCUT2D eigenvalue weighted by Crippen LogP contribution is 2.28. The first-order valence-electron chi connectivity index (χ1n) is 10.2. The Kier molecular flexibility index (Phi) is 4.36. The molecule has 0 N–H and O–H groups in total. The van der Waals surface area contributed by atoms with Crippen molar-refractivity contribution in [2.75, 3.05) is 26.2 Å². The molecule has 1 aromatic carbocycles. The van der Waals surface area contributed by atoms with E-state index >= 15 is 0 Å². The summed E-state index contributed by atoms with van der Waals surface area (Å²) < 4.78 is 1.88. The smallest absolute Gasteiger partial charge is 0.254 e. The molecule has 0 bridgehead atoms. The van der Waals surface area contributed by atoms with Crippen molar-refractivity contribution in [3.63, 3.8) is 0 Å². The average molecular weight is 375 g/mol. The van der Waals surface area contributed by atoms with Crippen molar-refractivity contribution < 1.29 is 4.79 Å². The molecule has 2 aromatic heterocycles. The van der Waals surface area contributed by atoms with Gasteiger partial charge in [0.25, 0.3) is 5.91 Å². The zero-order valence-corrected chi connectivity index (χ0v) is 16.2. The van der Waals surface area contributed by atoms with Crippen LogP contribution in [0.25, 0.3) is 22.2 Å². The van der Waals surface area contributed by atoms with Gasteiger partial charge in [0, 0.05) is 49.4 Å². The Balaban J connectivity index is 1.54. The first-order chi connectivity index (χ1) is 13.7. The SMILES string of the molecule is CCn1cc(-c2cc(C(=O)N3CCN4CCCC4C3)c3ccccc3n2)cn1. The van der Waals surface area contributed by atoms with Crippen LogP contribution in [0.3, 0.4) is 0 Å². The van der Waals surface area contributed by atoms with Gasteiger partial charge in [0.1, 0.15) is 0 Å². The summed E-state index contributed by atoms with van der Waals surface area (Å²) >= 11 is 0. The number of hydrogen-bond donors (Lipinski definition) is 0. The van der Waals surface area contributed by atoms with Crippen molar-refractivity contribution in [1.29, 1.82) is 0 Å². The average Bonchev–Trinajstić information content (AvgIpc) is 3.41.